The molecule has 0 bridgehead atoms. The average molecular weight is 224 g/mol. The van der Waals surface area contributed by atoms with Crippen LogP contribution in [0.1, 0.15) is 22.3 Å². The predicted molar refractivity (Wildman–Crippen MR) is 50.9 cm³/mol. The van der Waals surface area contributed by atoms with Crippen molar-refractivity contribution in [3.05, 3.63) is 34.9 Å². The van der Waals surface area contributed by atoms with Crippen molar-refractivity contribution in [1.82, 2.24) is 0 Å². The van der Waals surface area contributed by atoms with Crippen LogP contribution in [0, 0.1) is 23.5 Å². The van der Waals surface area contributed by atoms with Gasteiger partial charge in [0.1, 0.15) is 17.9 Å². The van der Waals surface area contributed by atoms with Crippen LogP contribution in [-0.4, -0.2) is 17.4 Å². The Hall–Kier alpha value is -2.22. The monoisotopic (exact) mass is 224 g/mol. The minimum Gasteiger partial charge on any atom is -0.478 e. The molecule has 0 saturated carbocycles. The zero-order chi connectivity index (χ0) is 12.1. The van der Waals surface area contributed by atoms with Crippen molar-refractivity contribution in [2.24, 2.45) is 0 Å². The van der Waals surface area contributed by atoms with E-state index in [9.17, 15) is 18.4 Å². The van der Waals surface area contributed by atoms with Crippen LogP contribution in [0.5, 0.6) is 0 Å². The van der Waals surface area contributed by atoms with E-state index in [1.807, 2.05) is 0 Å². The van der Waals surface area contributed by atoms with Gasteiger partial charge in [-0.25, -0.2) is 13.6 Å². The fraction of sp³-hybridized carbons (Fsp3) is 0.0909. The van der Waals surface area contributed by atoms with E-state index >= 15 is 0 Å². The van der Waals surface area contributed by atoms with Gasteiger partial charge in [-0.1, -0.05) is 11.8 Å². The Morgan fingerprint density at radius 1 is 1.38 bits per heavy atom. The molecule has 3 nitrogen and oxygen atoms in total. The van der Waals surface area contributed by atoms with Gasteiger partial charge >= 0.3 is 5.97 Å². The summed E-state index contributed by atoms with van der Waals surface area (Å²) in [5, 5.41) is 8.51. The molecule has 5 heteroatoms. The molecule has 0 radical (unpaired) electrons. The Morgan fingerprint density at radius 3 is 2.62 bits per heavy atom. The summed E-state index contributed by atoms with van der Waals surface area (Å²) in [5.41, 5.74) is -1.03. The predicted octanol–water partition coefficient (Wildman–Crippen LogP) is 1.60. The van der Waals surface area contributed by atoms with Gasteiger partial charge in [-0.05, 0) is 12.1 Å². The van der Waals surface area contributed by atoms with Gasteiger partial charge in [0.05, 0.1) is 17.5 Å². The molecule has 0 heterocycles. The fourth-order valence-electron chi connectivity index (χ4n) is 0.994. The van der Waals surface area contributed by atoms with E-state index in [-0.39, 0.29) is 12.0 Å². The molecule has 0 saturated heterocycles. The van der Waals surface area contributed by atoms with Crippen molar-refractivity contribution >= 4 is 12.3 Å². The van der Waals surface area contributed by atoms with Crippen LogP contribution < -0.4 is 0 Å². The Labute approximate surface area is 89.7 Å². The molecule has 0 spiro atoms. The first-order valence-corrected chi connectivity index (χ1v) is 4.21. The Bertz CT molecular complexity index is 498. The highest BCUT2D eigenvalue weighted by molar-refractivity contribution is 5.88. The van der Waals surface area contributed by atoms with Crippen LogP contribution >= 0.6 is 0 Å². The highest BCUT2D eigenvalue weighted by Gasteiger charge is 2.13. The lowest BCUT2D eigenvalue weighted by Crippen LogP contribution is -2.02. The molecular formula is C11H6F2O3. The average Bonchev–Trinajstić information content (AvgIpc) is 2.22. The number of aromatic carboxylic acids is 1. The van der Waals surface area contributed by atoms with Crippen molar-refractivity contribution in [3.8, 4) is 11.8 Å². The van der Waals surface area contributed by atoms with Crippen LogP contribution in [0.25, 0.3) is 0 Å². The quantitative estimate of drug-likeness (QED) is 0.613. The highest BCUT2D eigenvalue weighted by Crippen LogP contribution is 2.14. The third-order valence-corrected chi connectivity index (χ3v) is 1.70. The van der Waals surface area contributed by atoms with Crippen LogP contribution in [-0.2, 0) is 4.79 Å². The summed E-state index contributed by atoms with van der Waals surface area (Å²) in [4.78, 5) is 20.4. The molecule has 0 aliphatic rings. The largest absolute Gasteiger partial charge is 0.478 e. The molecule has 1 aromatic rings. The molecule has 0 fully saturated rings. The molecule has 1 rings (SSSR count). The third kappa shape index (κ3) is 2.64. The normalized spacial score (nSPS) is 9.12. The number of carboxylic acid groups (broad SMARTS) is 1. The van der Waals surface area contributed by atoms with Crippen molar-refractivity contribution in [2.75, 3.05) is 0 Å². The first-order valence-electron chi connectivity index (χ1n) is 4.21. The van der Waals surface area contributed by atoms with E-state index in [4.69, 9.17) is 5.11 Å². The van der Waals surface area contributed by atoms with Gasteiger partial charge in [-0.3, -0.25) is 0 Å². The van der Waals surface area contributed by atoms with Crippen molar-refractivity contribution in [2.45, 2.75) is 6.42 Å². The van der Waals surface area contributed by atoms with Crippen LogP contribution in [0.4, 0.5) is 8.78 Å². The van der Waals surface area contributed by atoms with E-state index in [1.165, 1.54) is 0 Å². The lowest BCUT2D eigenvalue weighted by atomic mass is 10.1. The molecule has 0 aliphatic carbocycles. The second-order valence-electron chi connectivity index (χ2n) is 2.79. The molecule has 0 unspecified atom stereocenters. The lowest BCUT2D eigenvalue weighted by Gasteiger charge is -1.99. The highest BCUT2D eigenvalue weighted by atomic mass is 19.1. The number of hydrogen-bond donors (Lipinski definition) is 1. The zero-order valence-electron chi connectivity index (χ0n) is 7.96. The molecule has 16 heavy (non-hydrogen) atoms. The van der Waals surface area contributed by atoms with Gasteiger partial charge in [-0.2, -0.15) is 0 Å². The van der Waals surface area contributed by atoms with Gasteiger partial charge in [0.25, 0.3) is 0 Å². The summed E-state index contributed by atoms with van der Waals surface area (Å²) < 4.78 is 26.3. The number of hydrogen-bond acceptors (Lipinski definition) is 2. The number of aldehydes is 1. The summed E-state index contributed by atoms with van der Waals surface area (Å²) in [7, 11) is 0. The van der Waals surface area contributed by atoms with Crippen LogP contribution in [0.3, 0.4) is 0 Å². The van der Waals surface area contributed by atoms with Gasteiger partial charge < -0.3 is 9.90 Å². The molecule has 0 aliphatic heterocycles. The third-order valence-electron chi connectivity index (χ3n) is 1.70. The molecule has 1 aromatic carbocycles. The first kappa shape index (κ1) is 11.9. The maximum absolute atomic E-state index is 13.2. The maximum atomic E-state index is 13.2. The number of rotatable bonds is 2. The van der Waals surface area contributed by atoms with Crippen molar-refractivity contribution in [3.63, 3.8) is 0 Å². The molecule has 0 aromatic heterocycles. The van der Waals surface area contributed by atoms with Crippen molar-refractivity contribution < 1.29 is 23.5 Å². The smallest absolute Gasteiger partial charge is 0.338 e. The SMILES string of the molecule is O=CCC#Cc1cc(F)c(C(=O)O)cc1F. The second kappa shape index (κ2) is 5.03. The number of benzene rings is 1. The number of carboxylic acids is 1. The summed E-state index contributed by atoms with van der Waals surface area (Å²) in [5.74, 6) is 0.977. The molecule has 0 amide bonds. The topological polar surface area (TPSA) is 54.4 Å². The van der Waals surface area contributed by atoms with Crippen molar-refractivity contribution in [1.29, 1.82) is 0 Å². The van der Waals surface area contributed by atoms with Gasteiger partial charge in [0.2, 0.25) is 0 Å². The van der Waals surface area contributed by atoms with Gasteiger partial charge in [-0.15, -0.1) is 0 Å². The Kier molecular flexibility index (Phi) is 3.72. The standard InChI is InChI=1S/C11H6F2O3/c12-9-6-8(11(15)16)10(13)5-7(9)3-1-2-4-14/h4-6H,2H2,(H,15,16). The van der Waals surface area contributed by atoms with Crippen LogP contribution in [0.15, 0.2) is 12.1 Å². The lowest BCUT2D eigenvalue weighted by molar-refractivity contribution is -0.107. The Morgan fingerprint density at radius 2 is 2.06 bits per heavy atom. The maximum Gasteiger partial charge on any atom is 0.338 e. The van der Waals surface area contributed by atoms with E-state index in [2.05, 4.69) is 11.8 Å². The minimum atomic E-state index is -1.55. The zero-order valence-corrected chi connectivity index (χ0v) is 7.96. The minimum absolute atomic E-state index is 0.0955. The fourth-order valence-corrected chi connectivity index (χ4v) is 0.994. The number of carbonyl (C=O) groups is 2. The van der Waals surface area contributed by atoms with E-state index in [0.717, 1.165) is 0 Å². The molecule has 82 valence electrons. The summed E-state index contributed by atoms with van der Waals surface area (Å²) in [6.45, 7) is 0. The van der Waals surface area contributed by atoms with E-state index < -0.39 is 23.2 Å². The second-order valence-corrected chi connectivity index (χ2v) is 2.79. The number of halogens is 2. The summed E-state index contributed by atoms with van der Waals surface area (Å²) in [6.07, 6.45) is 0.425. The van der Waals surface area contributed by atoms with Gasteiger partial charge in [0, 0.05) is 0 Å². The first-order chi connectivity index (χ1) is 7.56. The molecular weight excluding hydrogens is 218 g/mol. The Balaban J connectivity index is 3.17. The van der Waals surface area contributed by atoms with E-state index in [0.29, 0.717) is 18.4 Å². The van der Waals surface area contributed by atoms with Gasteiger partial charge in [0.15, 0.2) is 0 Å². The van der Waals surface area contributed by atoms with E-state index in [1.54, 1.807) is 0 Å². The number of carbonyl (C=O) groups excluding carboxylic acids is 1. The summed E-state index contributed by atoms with van der Waals surface area (Å²) >= 11 is 0. The molecule has 0 atom stereocenters. The molecule has 1 N–H and O–H groups in total. The van der Waals surface area contributed by atoms with Crippen LogP contribution in [0.2, 0.25) is 0 Å². The summed E-state index contributed by atoms with van der Waals surface area (Å²) in [6, 6.07) is 1.25.